The number of aliphatic hydroxyl groups is 1. The Morgan fingerprint density at radius 2 is 2.14 bits per heavy atom. The van der Waals surface area contributed by atoms with Gasteiger partial charge in [0.2, 0.25) is 0 Å². The predicted octanol–water partition coefficient (Wildman–Crippen LogP) is 2.35. The summed E-state index contributed by atoms with van der Waals surface area (Å²) in [6, 6.07) is 7.56. The topological polar surface area (TPSA) is 29.5 Å². The second-order valence-electron chi connectivity index (χ2n) is 2.89. The highest BCUT2D eigenvalue weighted by Crippen LogP contribution is 2.19. The third-order valence-corrected chi connectivity index (χ3v) is 1.85. The Morgan fingerprint density at radius 3 is 2.79 bits per heavy atom. The molecule has 0 bridgehead atoms. The summed E-state index contributed by atoms with van der Waals surface area (Å²) in [5.41, 5.74) is 0.980. The minimum Gasteiger partial charge on any atom is -0.488 e. The Balaban J connectivity index is 2.68. The van der Waals surface area contributed by atoms with Gasteiger partial charge in [0.1, 0.15) is 12.4 Å². The van der Waals surface area contributed by atoms with E-state index in [-0.39, 0.29) is 6.61 Å². The van der Waals surface area contributed by atoms with Gasteiger partial charge in [-0.3, -0.25) is 0 Å². The van der Waals surface area contributed by atoms with E-state index in [1.54, 1.807) is 0 Å². The standard InChI is InChI=1S/C11H13ClO2/c1-9(12)8-14-11-5-3-2-4-10(11)6-7-13/h2-5,13H,1,6-8H2. The molecule has 1 aromatic carbocycles. The van der Waals surface area contributed by atoms with Crippen LogP contribution in [0.3, 0.4) is 0 Å². The summed E-state index contributed by atoms with van der Waals surface area (Å²) in [4.78, 5) is 0. The molecule has 0 radical (unpaired) electrons. The van der Waals surface area contributed by atoms with E-state index in [1.807, 2.05) is 24.3 Å². The molecule has 0 unspecified atom stereocenters. The van der Waals surface area contributed by atoms with Crippen molar-refractivity contribution in [3.63, 3.8) is 0 Å². The van der Waals surface area contributed by atoms with Gasteiger partial charge < -0.3 is 9.84 Å². The van der Waals surface area contributed by atoms with Crippen molar-refractivity contribution in [1.82, 2.24) is 0 Å². The number of benzene rings is 1. The first kappa shape index (κ1) is 11.1. The quantitative estimate of drug-likeness (QED) is 0.812. The SMILES string of the molecule is C=C(Cl)COc1ccccc1CCO. The molecule has 0 spiro atoms. The normalized spacial score (nSPS) is 9.86. The van der Waals surface area contributed by atoms with Crippen LogP contribution in [0.2, 0.25) is 0 Å². The average Bonchev–Trinajstić information content (AvgIpc) is 2.17. The largest absolute Gasteiger partial charge is 0.488 e. The highest BCUT2D eigenvalue weighted by molar-refractivity contribution is 6.29. The molecule has 0 aliphatic heterocycles. The first-order valence-corrected chi connectivity index (χ1v) is 4.76. The van der Waals surface area contributed by atoms with Gasteiger partial charge in [0, 0.05) is 11.6 Å². The zero-order valence-corrected chi connectivity index (χ0v) is 8.63. The predicted molar refractivity (Wildman–Crippen MR) is 57.7 cm³/mol. The van der Waals surface area contributed by atoms with E-state index in [9.17, 15) is 0 Å². The summed E-state index contributed by atoms with van der Waals surface area (Å²) in [7, 11) is 0. The molecule has 0 aliphatic carbocycles. The number of aliphatic hydroxyl groups excluding tert-OH is 1. The average molecular weight is 213 g/mol. The summed E-state index contributed by atoms with van der Waals surface area (Å²) < 4.78 is 5.41. The van der Waals surface area contributed by atoms with Crippen molar-refractivity contribution < 1.29 is 9.84 Å². The molecule has 0 aliphatic rings. The molecule has 14 heavy (non-hydrogen) atoms. The van der Waals surface area contributed by atoms with Crippen LogP contribution in [0.5, 0.6) is 5.75 Å². The van der Waals surface area contributed by atoms with Crippen LogP contribution in [0.1, 0.15) is 5.56 Å². The Kier molecular flexibility index (Phi) is 4.50. The summed E-state index contributed by atoms with van der Waals surface area (Å²) in [5.74, 6) is 0.753. The van der Waals surface area contributed by atoms with Crippen LogP contribution in [-0.4, -0.2) is 18.3 Å². The lowest BCUT2D eigenvalue weighted by molar-refractivity contribution is 0.294. The fraction of sp³-hybridized carbons (Fsp3) is 0.273. The Hall–Kier alpha value is -0.990. The maximum atomic E-state index is 8.82. The molecule has 0 fully saturated rings. The number of halogens is 1. The molecule has 0 heterocycles. The minimum atomic E-state index is 0.113. The van der Waals surface area contributed by atoms with E-state index in [0.717, 1.165) is 11.3 Å². The summed E-state index contributed by atoms with van der Waals surface area (Å²) in [6.07, 6.45) is 0.588. The zero-order chi connectivity index (χ0) is 10.4. The maximum Gasteiger partial charge on any atom is 0.123 e. The van der Waals surface area contributed by atoms with E-state index in [4.69, 9.17) is 21.4 Å². The van der Waals surface area contributed by atoms with Crippen LogP contribution in [0.25, 0.3) is 0 Å². The molecule has 2 nitrogen and oxygen atoms in total. The summed E-state index contributed by atoms with van der Waals surface area (Å²) in [6.45, 7) is 3.95. The minimum absolute atomic E-state index is 0.113. The number of rotatable bonds is 5. The van der Waals surface area contributed by atoms with E-state index in [0.29, 0.717) is 18.1 Å². The molecule has 0 saturated heterocycles. The van der Waals surface area contributed by atoms with Gasteiger partial charge in [-0.1, -0.05) is 36.4 Å². The summed E-state index contributed by atoms with van der Waals surface area (Å²) >= 11 is 5.59. The molecule has 76 valence electrons. The molecular formula is C11H13ClO2. The molecule has 1 rings (SSSR count). The fourth-order valence-corrected chi connectivity index (χ4v) is 1.18. The lowest BCUT2D eigenvalue weighted by atomic mass is 10.1. The van der Waals surface area contributed by atoms with Crippen molar-refractivity contribution in [1.29, 1.82) is 0 Å². The first-order chi connectivity index (χ1) is 6.74. The smallest absolute Gasteiger partial charge is 0.123 e. The van der Waals surface area contributed by atoms with Crippen molar-refractivity contribution >= 4 is 11.6 Å². The van der Waals surface area contributed by atoms with Crippen molar-refractivity contribution in [2.45, 2.75) is 6.42 Å². The van der Waals surface area contributed by atoms with Gasteiger partial charge in [0.25, 0.3) is 0 Å². The Bertz CT molecular complexity index is 310. The van der Waals surface area contributed by atoms with Gasteiger partial charge in [-0.25, -0.2) is 0 Å². The lowest BCUT2D eigenvalue weighted by Gasteiger charge is -2.09. The second-order valence-corrected chi connectivity index (χ2v) is 3.42. The third kappa shape index (κ3) is 3.40. The zero-order valence-electron chi connectivity index (χ0n) is 7.87. The number of hydrogen-bond acceptors (Lipinski definition) is 2. The molecular weight excluding hydrogens is 200 g/mol. The Morgan fingerprint density at radius 1 is 1.43 bits per heavy atom. The molecule has 0 atom stereocenters. The molecule has 1 N–H and O–H groups in total. The third-order valence-electron chi connectivity index (χ3n) is 1.74. The van der Waals surface area contributed by atoms with Crippen LogP contribution in [-0.2, 0) is 6.42 Å². The molecule has 0 aromatic heterocycles. The first-order valence-electron chi connectivity index (χ1n) is 4.39. The van der Waals surface area contributed by atoms with E-state index >= 15 is 0 Å². The molecule has 0 amide bonds. The van der Waals surface area contributed by atoms with Gasteiger partial charge in [0.15, 0.2) is 0 Å². The second kappa shape index (κ2) is 5.68. The number of ether oxygens (including phenoxy) is 1. The van der Waals surface area contributed by atoms with E-state index in [1.165, 1.54) is 0 Å². The van der Waals surface area contributed by atoms with Crippen LogP contribution >= 0.6 is 11.6 Å². The van der Waals surface area contributed by atoms with Crippen LogP contribution in [0, 0.1) is 0 Å². The molecule has 0 saturated carbocycles. The maximum absolute atomic E-state index is 8.82. The Labute approximate surface area is 88.8 Å². The summed E-state index contributed by atoms with van der Waals surface area (Å²) in [5, 5.41) is 9.28. The van der Waals surface area contributed by atoms with Crippen LogP contribution in [0.15, 0.2) is 35.9 Å². The van der Waals surface area contributed by atoms with Crippen molar-refractivity contribution in [2.24, 2.45) is 0 Å². The van der Waals surface area contributed by atoms with Gasteiger partial charge >= 0.3 is 0 Å². The van der Waals surface area contributed by atoms with Crippen LogP contribution < -0.4 is 4.74 Å². The van der Waals surface area contributed by atoms with E-state index < -0.39 is 0 Å². The highest BCUT2D eigenvalue weighted by atomic mass is 35.5. The monoisotopic (exact) mass is 212 g/mol. The van der Waals surface area contributed by atoms with Crippen molar-refractivity contribution in [3.8, 4) is 5.75 Å². The number of hydrogen-bond donors (Lipinski definition) is 1. The number of para-hydroxylation sites is 1. The molecule has 3 heteroatoms. The van der Waals surface area contributed by atoms with Gasteiger partial charge in [-0.15, -0.1) is 0 Å². The molecule has 1 aromatic rings. The van der Waals surface area contributed by atoms with Gasteiger partial charge in [-0.2, -0.15) is 0 Å². The van der Waals surface area contributed by atoms with Gasteiger partial charge in [-0.05, 0) is 18.1 Å². The van der Waals surface area contributed by atoms with Gasteiger partial charge in [0.05, 0.1) is 0 Å². The van der Waals surface area contributed by atoms with Crippen molar-refractivity contribution in [3.05, 3.63) is 41.4 Å². The van der Waals surface area contributed by atoms with Crippen molar-refractivity contribution in [2.75, 3.05) is 13.2 Å². The lowest BCUT2D eigenvalue weighted by Crippen LogP contribution is -2.01. The van der Waals surface area contributed by atoms with E-state index in [2.05, 4.69) is 6.58 Å². The highest BCUT2D eigenvalue weighted by Gasteiger charge is 2.01. The van der Waals surface area contributed by atoms with Crippen LogP contribution in [0.4, 0.5) is 0 Å². The fourth-order valence-electron chi connectivity index (χ4n) is 1.13.